The third kappa shape index (κ3) is 2.34. The highest BCUT2D eigenvalue weighted by Gasteiger charge is 2.09. The number of aromatic nitrogens is 3. The lowest BCUT2D eigenvalue weighted by atomic mass is 10.1. The molecule has 2 aromatic heterocycles. The van der Waals surface area contributed by atoms with Crippen molar-refractivity contribution < 1.29 is 0 Å². The van der Waals surface area contributed by atoms with Crippen molar-refractivity contribution in [1.29, 1.82) is 0 Å². The minimum absolute atomic E-state index is 0.351. The van der Waals surface area contributed by atoms with E-state index in [1.807, 2.05) is 12.3 Å². The lowest BCUT2D eigenvalue weighted by Gasteiger charge is -2.07. The number of hydrogen-bond donors (Lipinski definition) is 1. The van der Waals surface area contributed by atoms with Crippen molar-refractivity contribution in [2.75, 3.05) is 0 Å². The second-order valence-electron chi connectivity index (χ2n) is 4.10. The van der Waals surface area contributed by atoms with Gasteiger partial charge in [-0.15, -0.1) is 0 Å². The summed E-state index contributed by atoms with van der Waals surface area (Å²) in [5, 5.41) is 4.48. The molecule has 0 aliphatic heterocycles. The van der Waals surface area contributed by atoms with Crippen LogP contribution >= 0.6 is 12.2 Å². The Balaban J connectivity index is 2.49. The van der Waals surface area contributed by atoms with Crippen LogP contribution in [-0.4, -0.2) is 19.8 Å². The lowest BCUT2D eigenvalue weighted by Crippen LogP contribution is -2.14. The number of nitrogens with two attached hydrogens (primary N) is 1. The Morgan fingerprint density at radius 3 is 2.76 bits per heavy atom. The summed E-state index contributed by atoms with van der Waals surface area (Å²) in [6, 6.07) is 3.79. The van der Waals surface area contributed by atoms with Crippen LogP contribution in [0.25, 0.3) is 5.69 Å². The standard InChI is InChI=1S/C12H14N4S/c1-8(2)10-4-6-16(15-10)11-7-14-5-3-9(11)12(13)17/h3-8H,1-2H3,(H2,13,17). The summed E-state index contributed by atoms with van der Waals surface area (Å²) in [6.45, 7) is 4.20. The fourth-order valence-corrected chi connectivity index (χ4v) is 1.73. The molecule has 0 spiro atoms. The van der Waals surface area contributed by atoms with E-state index in [2.05, 4.69) is 23.9 Å². The van der Waals surface area contributed by atoms with Gasteiger partial charge < -0.3 is 5.73 Å². The molecule has 5 heteroatoms. The molecule has 0 bridgehead atoms. The molecular weight excluding hydrogens is 232 g/mol. The van der Waals surface area contributed by atoms with E-state index in [1.165, 1.54) is 0 Å². The summed E-state index contributed by atoms with van der Waals surface area (Å²) in [7, 11) is 0. The number of thiocarbonyl (C=S) groups is 1. The van der Waals surface area contributed by atoms with Crippen LogP contribution in [0.15, 0.2) is 30.7 Å². The molecule has 2 heterocycles. The molecular formula is C12H14N4S. The van der Waals surface area contributed by atoms with Crippen LogP contribution < -0.4 is 5.73 Å². The second-order valence-corrected chi connectivity index (χ2v) is 4.54. The lowest BCUT2D eigenvalue weighted by molar-refractivity contribution is 0.766. The summed E-state index contributed by atoms with van der Waals surface area (Å²) in [6.07, 6.45) is 5.28. The largest absolute Gasteiger partial charge is 0.389 e. The minimum Gasteiger partial charge on any atom is -0.389 e. The zero-order valence-corrected chi connectivity index (χ0v) is 10.6. The third-order valence-corrected chi connectivity index (χ3v) is 2.73. The smallest absolute Gasteiger partial charge is 0.106 e. The Bertz CT molecular complexity index is 545. The van der Waals surface area contributed by atoms with Gasteiger partial charge in [0.25, 0.3) is 0 Å². The number of pyridine rings is 1. The Morgan fingerprint density at radius 2 is 2.18 bits per heavy atom. The van der Waals surface area contributed by atoms with Crippen LogP contribution in [0, 0.1) is 0 Å². The van der Waals surface area contributed by atoms with Gasteiger partial charge in [0.1, 0.15) is 4.99 Å². The highest BCUT2D eigenvalue weighted by molar-refractivity contribution is 7.80. The molecule has 0 radical (unpaired) electrons. The number of hydrogen-bond acceptors (Lipinski definition) is 3. The highest BCUT2D eigenvalue weighted by Crippen LogP contribution is 2.16. The normalized spacial score (nSPS) is 10.8. The van der Waals surface area contributed by atoms with Crippen molar-refractivity contribution in [3.63, 3.8) is 0 Å². The van der Waals surface area contributed by atoms with E-state index >= 15 is 0 Å². The molecule has 0 aliphatic rings. The number of nitrogens with zero attached hydrogens (tertiary/aromatic N) is 3. The first-order chi connectivity index (χ1) is 8.09. The molecule has 88 valence electrons. The minimum atomic E-state index is 0.351. The Kier molecular flexibility index (Phi) is 3.19. The van der Waals surface area contributed by atoms with E-state index in [0.717, 1.165) is 16.9 Å². The predicted octanol–water partition coefficient (Wildman–Crippen LogP) is 2.02. The first-order valence-electron chi connectivity index (χ1n) is 5.39. The molecule has 2 aromatic rings. The van der Waals surface area contributed by atoms with Crippen LogP contribution in [0.2, 0.25) is 0 Å². The van der Waals surface area contributed by atoms with Crippen LogP contribution in [0.4, 0.5) is 0 Å². The van der Waals surface area contributed by atoms with E-state index < -0.39 is 0 Å². The van der Waals surface area contributed by atoms with Crippen LogP contribution in [0.1, 0.15) is 31.0 Å². The summed E-state index contributed by atoms with van der Waals surface area (Å²) >= 11 is 5.02. The molecule has 2 rings (SSSR count). The molecule has 0 aliphatic carbocycles. The fraction of sp³-hybridized carbons (Fsp3) is 0.250. The summed E-state index contributed by atoms with van der Waals surface area (Å²) in [4.78, 5) is 4.43. The average molecular weight is 246 g/mol. The SMILES string of the molecule is CC(C)c1ccn(-c2cnccc2C(N)=S)n1. The van der Waals surface area contributed by atoms with Gasteiger partial charge in [-0.05, 0) is 18.1 Å². The maximum Gasteiger partial charge on any atom is 0.106 e. The van der Waals surface area contributed by atoms with Crippen molar-refractivity contribution in [1.82, 2.24) is 14.8 Å². The first-order valence-corrected chi connectivity index (χ1v) is 5.80. The van der Waals surface area contributed by atoms with Gasteiger partial charge in [-0.3, -0.25) is 4.98 Å². The summed E-state index contributed by atoms with van der Waals surface area (Å²) in [5.41, 5.74) is 8.31. The van der Waals surface area contributed by atoms with Gasteiger partial charge in [0.05, 0.1) is 17.6 Å². The molecule has 0 atom stereocenters. The van der Waals surface area contributed by atoms with Gasteiger partial charge in [0.2, 0.25) is 0 Å². The molecule has 4 nitrogen and oxygen atoms in total. The van der Waals surface area contributed by atoms with Crippen molar-refractivity contribution >= 4 is 17.2 Å². The number of rotatable bonds is 3. The quantitative estimate of drug-likeness (QED) is 0.842. The molecule has 0 saturated heterocycles. The predicted molar refractivity (Wildman–Crippen MR) is 71.3 cm³/mol. The molecule has 0 unspecified atom stereocenters. The first kappa shape index (κ1) is 11.7. The monoisotopic (exact) mass is 246 g/mol. The van der Waals surface area contributed by atoms with Gasteiger partial charge >= 0.3 is 0 Å². The third-order valence-electron chi connectivity index (χ3n) is 2.51. The van der Waals surface area contributed by atoms with Crippen molar-refractivity contribution in [3.05, 3.63) is 42.0 Å². The van der Waals surface area contributed by atoms with Crippen molar-refractivity contribution in [2.24, 2.45) is 5.73 Å². The van der Waals surface area contributed by atoms with E-state index in [0.29, 0.717) is 10.9 Å². The second kappa shape index (κ2) is 4.63. The zero-order valence-electron chi connectivity index (χ0n) is 9.79. The topological polar surface area (TPSA) is 56.7 Å². The Labute approximate surface area is 105 Å². The van der Waals surface area contributed by atoms with Crippen LogP contribution in [0.5, 0.6) is 0 Å². The maximum atomic E-state index is 5.68. The van der Waals surface area contributed by atoms with E-state index in [4.69, 9.17) is 18.0 Å². The summed E-state index contributed by atoms with van der Waals surface area (Å²) in [5.74, 6) is 0.390. The van der Waals surface area contributed by atoms with E-state index in [1.54, 1.807) is 23.1 Å². The Morgan fingerprint density at radius 1 is 1.41 bits per heavy atom. The van der Waals surface area contributed by atoms with Gasteiger partial charge in [-0.25, -0.2) is 4.68 Å². The molecule has 0 fully saturated rings. The van der Waals surface area contributed by atoms with Gasteiger partial charge in [-0.1, -0.05) is 26.1 Å². The average Bonchev–Trinajstić information content (AvgIpc) is 2.78. The highest BCUT2D eigenvalue weighted by atomic mass is 32.1. The molecule has 0 amide bonds. The molecule has 0 aromatic carbocycles. The zero-order chi connectivity index (χ0) is 12.4. The van der Waals surface area contributed by atoms with Crippen molar-refractivity contribution in [3.8, 4) is 5.69 Å². The van der Waals surface area contributed by atoms with Gasteiger partial charge in [-0.2, -0.15) is 5.10 Å². The van der Waals surface area contributed by atoms with Crippen LogP contribution in [-0.2, 0) is 0 Å². The van der Waals surface area contributed by atoms with Crippen molar-refractivity contribution in [2.45, 2.75) is 19.8 Å². The van der Waals surface area contributed by atoms with E-state index in [9.17, 15) is 0 Å². The van der Waals surface area contributed by atoms with Gasteiger partial charge in [0, 0.05) is 18.0 Å². The maximum absolute atomic E-state index is 5.68. The van der Waals surface area contributed by atoms with Crippen LogP contribution in [0.3, 0.4) is 0 Å². The fourth-order valence-electron chi connectivity index (χ4n) is 1.56. The molecule has 0 saturated carbocycles. The molecule has 17 heavy (non-hydrogen) atoms. The molecule has 2 N–H and O–H groups in total. The van der Waals surface area contributed by atoms with Gasteiger partial charge in [0.15, 0.2) is 0 Å². The summed E-state index contributed by atoms with van der Waals surface area (Å²) < 4.78 is 1.76. The van der Waals surface area contributed by atoms with E-state index in [-0.39, 0.29) is 0 Å². The Hall–Kier alpha value is -1.75.